The molecular formula is C15H16N2O2. The lowest BCUT2D eigenvalue weighted by atomic mass is 10.1. The second kappa shape index (κ2) is 6.00. The average molecular weight is 256 g/mol. The van der Waals surface area contributed by atoms with Crippen LogP contribution in [-0.4, -0.2) is 22.6 Å². The molecule has 0 radical (unpaired) electrons. The summed E-state index contributed by atoms with van der Waals surface area (Å²) in [5.74, 6) is -0.325. The van der Waals surface area contributed by atoms with Crippen LogP contribution in [0.25, 0.3) is 6.08 Å². The molecule has 0 saturated carbocycles. The Bertz CT molecular complexity index is 569. The van der Waals surface area contributed by atoms with Crippen LogP contribution >= 0.6 is 0 Å². The maximum absolute atomic E-state index is 11.8. The van der Waals surface area contributed by atoms with E-state index in [1.807, 2.05) is 48.0 Å². The number of hydrogen-bond acceptors (Lipinski definition) is 3. The highest BCUT2D eigenvalue weighted by molar-refractivity contribution is 5.93. The zero-order valence-electron chi connectivity index (χ0n) is 11.0. The number of hydrogen-bond donors (Lipinski definition) is 0. The fourth-order valence-electron chi connectivity index (χ4n) is 1.74. The molecule has 4 heteroatoms. The number of esters is 1. The van der Waals surface area contributed by atoms with Crippen molar-refractivity contribution in [2.24, 2.45) is 0 Å². The van der Waals surface area contributed by atoms with E-state index in [0.717, 1.165) is 5.56 Å². The van der Waals surface area contributed by atoms with Gasteiger partial charge in [0.05, 0.1) is 25.6 Å². The van der Waals surface area contributed by atoms with Crippen LogP contribution in [-0.2, 0) is 16.1 Å². The summed E-state index contributed by atoms with van der Waals surface area (Å²) in [5, 5.41) is 0. The highest BCUT2D eigenvalue weighted by Crippen LogP contribution is 2.11. The maximum atomic E-state index is 11.8. The Balaban J connectivity index is 2.26. The van der Waals surface area contributed by atoms with E-state index in [9.17, 15) is 4.79 Å². The van der Waals surface area contributed by atoms with Gasteiger partial charge in [0, 0.05) is 12.4 Å². The van der Waals surface area contributed by atoms with Crippen molar-refractivity contribution in [1.82, 2.24) is 9.55 Å². The molecule has 19 heavy (non-hydrogen) atoms. The summed E-state index contributed by atoms with van der Waals surface area (Å²) < 4.78 is 6.65. The zero-order valence-corrected chi connectivity index (χ0v) is 11.0. The second-order valence-electron chi connectivity index (χ2n) is 4.31. The number of carbonyl (C=O) groups excluding carboxylic acids is 1. The first kappa shape index (κ1) is 13.1. The number of imidazole rings is 1. The lowest BCUT2D eigenvalue weighted by molar-refractivity contribution is -0.136. The van der Waals surface area contributed by atoms with Gasteiger partial charge in [-0.15, -0.1) is 0 Å². The quantitative estimate of drug-likeness (QED) is 0.623. The first-order valence-electron chi connectivity index (χ1n) is 6.00. The van der Waals surface area contributed by atoms with Crippen molar-refractivity contribution in [1.29, 1.82) is 0 Å². The van der Waals surface area contributed by atoms with Gasteiger partial charge in [-0.25, -0.2) is 9.78 Å². The van der Waals surface area contributed by atoms with Crippen molar-refractivity contribution in [3.8, 4) is 0 Å². The van der Waals surface area contributed by atoms with Gasteiger partial charge in [-0.1, -0.05) is 29.8 Å². The van der Waals surface area contributed by atoms with Gasteiger partial charge in [-0.2, -0.15) is 0 Å². The van der Waals surface area contributed by atoms with E-state index in [1.54, 1.807) is 12.5 Å². The average Bonchev–Trinajstić information content (AvgIpc) is 2.92. The van der Waals surface area contributed by atoms with E-state index in [2.05, 4.69) is 4.98 Å². The third kappa shape index (κ3) is 3.55. The Morgan fingerprint density at radius 1 is 1.37 bits per heavy atom. The van der Waals surface area contributed by atoms with E-state index in [4.69, 9.17) is 4.74 Å². The van der Waals surface area contributed by atoms with Crippen molar-refractivity contribution in [3.05, 3.63) is 59.7 Å². The summed E-state index contributed by atoms with van der Waals surface area (Å²) in [6.45, 7) is 2.47. The molecule has 98 valence electrons. The van der Waals surface area contributed by atoms with Gasteiger partial charge in [-0.05, 0) is 18.6 Å². The van der Waals surface area contributed by atoms with E-state index in [0.29, 0.717) is 12.1 Å². The van der Waals surface area contributed by atoms with Crippen molar-refractivity contribution in [2.45, 2.75) is 13.5 Å². The van der Waals surface area contributed by atoms with Crippen molar-refractivity contribution >= 4 is 12.0 Å². The summed E-state index contributed by atoms with van der Waals surface area (Å²) in [6.07, 6.45) is 7.00. The Labute approximate surface area is 112 Å². The Hall–Kier alpha value is -2.36. The molecule has 0 amide bonds. The Morgan fingerprint density at radius 2 is 2.11 bits per heavy atom. The molecule has 0 spiro atoms. The molecule has 2 rings (SSSR count). The predicted octanol–water partition coefficient (Wildman–Crippen LogP) is 2.45. The molecule has 4 nitrogen and oxygen atoms in total. The highest BCUT2D eigenvalue weighted by atomic mass is 16.5. The summed E-state index contributed by atoms with van der Waals surface area (Å²) in [5.41, 5.74) is 2.75. The van der Waals surface area contributed by atoms with Gasteiger partial charge in [-0.3, -0.25) is 0 Å². The minimum absolute atomic E-state index is 0.325. The standard InChI is InChI=1S/C15H16N2O2/c1-12-3-5-13(6-4-12)9-14(15(18)19-2)10-17-8-7-16-11-17/h3-9,11H,10H2,1-2H3/b14-9+. The summed E-state index contributed by atoms with van der Waals surface area (Å²) in [7, 11) is 1.39. The van der Waals surface area contributed by atoms with Gasteiger partial charge >= 0.3 is 5.97 Å². The van der Waals surface area contributed by atoms with Gasteiger partial charge in [0.2, 0.25) is 0 Å². The normalized spacial score (nSPS) is 11.4. The lowest BCUT2D eigenvalue weighted by Crippen LogP contribution is -2.10. The first-order chi connectivity index (χ1) is 9.19. The zero-order chi connectivity index (χ0) is 13.7. The number of benzene rings is 1. The number of methoxy groups -OCH3 is 1. The van der Waals surface area contributed by atoms with Gasteiger partial charge in [0.1, 0.15) is 0 Å². The first-order valence-corrected chi connectivity index (χ1v) is 6.00. The van der Waals surface area contributed by atoms with Crippen LogP contribution in [0.4, 0.5) is 0 Å². The molecule has 0 aliphatic carbocycles. The fraction of sp³-hybridized carbons (Fsp3) is 0.200. The maximum Gasteiger partial charge on any atom is 0.335 e. The van der Waals surface area contributed by atoms with E-state index < -0.39 is 0 Å². The summed E-state index contributed by atoms with van der Waals surface area (Å²) in [6, 6.07) is 7.98. The summed E-state index contributed by atoms with van der Waals surface area (Å²) >= 11 is 0. The SMILES string of the molecule is COC(=O)/C(=C/c1ccc(C)cc1)Cn1ccnc1. The van der Waals surface area contributed by atoms with Crippen molar-refractivity contribution in [3.63, 3.8) is 0 Å². The third-order valence-electron chi connectivity index (χ3n) is 2.78. The lowest BCUT2D eigenvalue weighted by Gasteiger charge is -2.06. The molecule has 0 atom stereocenters. The van der Waals surface area contributed by atoms with Crippen LogP contribution in [0.3, 0.4) is 0 Å². The van der Waals surface area contributed by atoms with E-state index >= 15 is 0 Å². The van der Waals surface area contributed by atoms with E-state index in [1.165, 1.54) is 12.7 Å². The molecule has 1 aromatic carbocycles. The number of rotatable bonds is 4. The van der Waals surface area contributed by atoms with Crippen LogP contribution in [0.5, 0.6) is 0 Å². The van der Waals surface area contributed by atoms with Crippen LogP contribution in [0.2, 0.25) is 0 Å². The number of aryl methyl sites for hydroxylation is 1. The van der Waals surface area contributed by atoms with E-state index in [-0.39, 0.29) is 5.97 Å². The highest BCUT2D eigenvalue weighted by Gasteiger charge is 2.10. The topological polar surface area (TPSA) is 44.1 Å². The van der Waals surface area contributed by atoms with Gasteiger partial charge in [0.25, 0.3) is 0 Å². The number of ether oxygens (including phenoxy) is 1. The van der Waals surface area contributed by atoms with Gasteiger partial charge < -0.3 is 9.30 Å². The smallest absolute Gasteiger partial charge is 0.335 e. The molecule has 0 N–H and O–H groups in total. The molecule has 0 bridgehead atoms. The minimum Gasteiger partial charge on any atom is -0.466 e. The summed E-state index contributed by atoms with van der Waals surface area (Å²) in [4.78, 5) is 15.7. The molecule has 0 aliphatic heterocycles. The third-order valence-corrected chi connectivity index (χ3v) is 2.78. The molecular weight excluding hydrogens is 240 g/mol. The van der Waals surface area contributed by atoms with Gasteiger partial charge in [0.15, 0.2) is 0 Å². The molecule has 0 saturated heterocycles. The van der Waals surface area contributed by atoms with Crippen LogP contribution < -0.4 is 0 Å². The van der Waals surface area contributed by atoms with Crippen molar-refractivity contribution in [2.75, 3.05) is 7.11 Å². The molecule has 0 fully saturated rings. The molecule has 1 heterocycles. The number of nitrogens with zero attached hydrogens (tertiary/aromatic N) is 2. The molecule has 2 aromatic rings. The fourth-order valence-corrected chi connectivity index (χ4v) is 1.74. The number of aromatic nitrogens is 2. The number of carbonyl (C=O) groups is 1. The predicted molar refractivity (Wildman–Crippen MR) is 73.4 cm³/mol. The Morgan fingerprint density at radius 3 is 2.68 bits per heavy atom. The minimum atomic E-state index is -0.325. The largest absolute Gasteiger partial charge is 0.466 e. The Kier molecular flexibility index (Phi) is 4.13. The van der Waals surface area contributed by atoms with Crippen LogP contribution in [0, 0.1) is 6.92 Å². The monoisotopic (exact) mass is 256 g/mol. The van der Waals surface area contributed by atoms with Crippen LogP contribution in [0.1, 0.15) is 11.1 Å². The molecule has 1 aromatic heterocycles. The van der Waals surface area contributed by atoms with Crippen molar-refractivity contribution < 1.29 is 9.53 Å². The molecule has 0 aliphatic rings. The second-order valence-corrected chi connectivity index (χ2v) is 4.31. The van der Waals surface area contributed by atoms with Crippen LogP contribution in [0.15, 0.2) is 48.6 Å². The molecule has 0 unspecified atom stereocenters.